The summed E-state index contributed by atoms with van der Waals surface area (Å²) in [4.78, 5) is 12.1. The van der Waals surface area contributed by atoms with Crippen LogP contribution in [0.1, 0.15) is 26.3 Å². The summed E-state index contributed by atoms with van der Waals surface area (Å²) < 4.78 is 6.77. The molecule has 100 valence electrons. The molecule has 2 aromatic rings. The van der Waals surface area contributed by atoms with Gasteiger partial charge in [0.25, 0.3) is 0 Å². The van der Waals surface area contributed by atoms with Gasteiger partial charge in [0, 0.05) is 17.1 Å². The van der Waals surface area contributed by atoms with E-state index in [1.807, 2.05) is 32.9 Å². The lowest BCUT2D eigenvalue weighted by Gasteiger charge is -2.19. The summed E-state index contributed by atoms with van der Waals surface area (Å²) in [6.07, 6.45) is 2.55. The van der Waals surface area contributed by atoms with Crippen LogP contribution in [-0.2, 0) is 4.74 Å². The fraction of sp³-hybridized carbons (Fsp3) is 0.286. The van der Waals surface area contributed by atoms with Gasteiger partial charge < -0.3 is 9.94 Å². The highest BCUT2D eigenvalue weighted by molar-refractivity contribution is 6.01. The lowest BCUT2D eigenvalue weighted by Crippen LogP contribution is -2.26. The van der Waals surface area contributed by atoms with Crippen LogP contribution in [0.3, 0.4) is 0 Å². The lowest BCUT2D eigenvalue weighted by atomic mass is 10.1. The first-order chi connectivity index (χ1) is 8.92. The summed E-state index contributed by atoms with van der Waals surface area (Å²) in [6.45, 7) is 5.46. The zero-order valence-corrected chi connectivity index (χ0v) is 11.1. The van der Waals surface area contributed by atoms with Crippen molar-refractivity contribution in [3.05, 3.63) is 36.0 Å². The van der Waals surface area contributed by atoms with E-state index in [-0.39, 0.29) is 0 Å². The van der Waals surface area contributed by atoms with Crippen molar-refractivity contribution in [2.75, 3.05) is 0 Å². The lowest BCUT2D eigenvalue weighted by molar-refractivity contribution is 0.0544. The molecular formula is C14H16N2O3. The Morgan fingerprint density at radius 3 is 2.74 bits per heavy atom. The average molecular weight is 260 g/mol. The Hall–Kier alpha value is -2.30. The minimum absolute atomic E-state index is 0.430. The fourth-order valence-corrected chi connectivity index (χ4v) is 1.84. The van der Waals surface area contributed by atoms with Crippen molar-refractivity contribution in [1.29, 1.82) is 0 Å². The first-order valence-electron chi connectivity index (χ1n) is 5.93. The zero-order chi connectivity index (χ0) is 14.0. The number of hydrogen-bond acceptors (Lipinski definition) is 4. The van der Waals surface area contributed by atoms with E-state index in [0.717, 1.165) is 10.9 Å². The largest absolute Gasteiger partial charge is 0.443 e. The number of carbonyl (C=O) groups excluding carboxylic acids is 1. The van der Waals surface area contributed by atoms with Crippen LogP contribution in [0.5, 0.6) is 0 Å². The van der Waals surface area contributed by atoms with Gasteiger partial charge >= 0.3 is 6.09 Å². The molecule has 1 aromatic carbocycles. The van der Waals surface area contributed by atoms with Gasteiger partial charge in [-0.2, -0.15) is 0 Å². The molecule has 0 atom stereocenters. The van der Waals surface area contributed by atoms with E-state index < -0.39 is 11.7 Å². The molecule has 0 unspecified atom stereocenters. The van der Waals surface area contributed by atoms with E-state index in [9.17, 15) is 4.79 Å². The van der Waals surface area contributed by atoms with E-state index in [1.165, 1.54) is 10.8 Å². The number of rotatable bonds is 1. The molecule has 5 nitrogen and oxygen atoms in total. The van der Waals surface area contributed by atoms with Gasteiger partial charge in [-0.1, -0.05) is 17.3 Å². The highest BCUT2D eigenvalue weighted by Gasteiger charge is 2.19. The smallest absolute Gasteiger partial charge is 0.418 e. The SMILES string of the molecule is CC(C)(C)OC(=O)n1ccc2c(C=NO)cccc21. The maximum absolute atomic E-state index is 12.1. The predicted octanol–water partition coefficient (Wildman–Crippen LogP) is 3.23. The van der Waals surface area contributed by atoms with Crippen LogP contribution in [0, 0.1) is 0 Å². The number of carbonyl (C=O) groups is 1. The number of nitrogens with zero attached hydrogens (tertiary/aromatic N) is 2. The first kappa shape index (κ1) is 13.1. The Labute approximate surface area is 111 Å². The van der Waals surface area contributed by atoms with Crippen molar-refractivity contribution in [1.82, 2.24) is 4.57 Å². The van der Waals surface area contributed by atoms with E-state index in [4.69, 9.17) is 9.94 Å². The summed E-state index contributed by atoms with van der Waals surface area (Å²) in [5.41, 5.74) is 0.909. The Balaban J connectivity index is 2.46. The molecule has 0 aliphatic carbocycles. The molecule has 0 saturated heterocycles. The fourth-order valence-electron chi connectivity index (χ4n) is 1.84. The van der Waals surface area contributed by atoms with Crippen LogP contribution in [0.2, 0.25) is 0 Å². The van der Waals surface area contributed by atoms with E-state index in [2.05, 4.69) is 5.16 Å². The first-order valence-corrected chi connectivity index (χ1v) is 5.93. The number of hydrogen-bond donors (Lipinski definition) is 1. The van der Waals surface area contributed by atoms with Gasteiger partial charge in [0.15, 0.2) is 0 Å². The molecule has 0 amide bonds. The van der Waals surface area contributed by atoms with Crippen LogP contribution in [0.15, 0.2) is 35.6 Å². The molecule has 19 heavy (non-hydrogen) atoms. The van der Waals surface area contributed by atoms with Gasteiger partial charge in [0.1, 0.15) is 5.60 Å². The van der Waals surface area contributed by atoms with Crippen LogP contribution in [0.25, 0.3) is 10.9 Å². The molecule has 1 aromatic heterocycles. The summed E-state index contributed by atoms with van der Waals surface area (Å²) >= 11 is 0. The predicted molar refractivity (Wildman–Crippen MR) is 73.0 cm³/mol. The number of fused-ring (bicyclic) bond motifs is 1. The molecule has 0 aliphatic rings. The van der Waals surface area contributed by atoms with E-state index >= 15 is 0 Å². The monoisotopic (exact) mass is 260 g/mol. The van der Waals surface area contributed by atoms with Gasteiger partial charge in [-0.25, -0.2) is 4.79 Å². The van der Waals surface area contributed by atoms with Crippen molar-refractivity contribution in [2.45, 2.75) is 26.4 Å². The van der Waals surface area contributed by atoms with E-state index in [0.29, 0.717) is 5.52 Å². The van der Waals surface area contributed by atoms with Gasteiger partial charge in [-0.05, 0) is 32.9 Å². The van der Waals surface area contributed by atoms with Crippen molar-refractivity contribution in [2.24, 2.45) is 5.16 Å². The minimum Gasteiger partial charge on any atom is -0.443 e. The maximum atomic E-state index is 12.1. The summed E-state index contributed by atoms with van der Waals surface area (Å²) in [5, 5.41) is 12.5. The standard InChI is InChI=1S/C14H16N2O3/c1-14(2,3)19-13(17)16-8-7-11-10(9-15-18)5-4-6-12(11)16/h4-9,18H,1-3H3. The highest BCUT2D eigenvalue weighted by atomic mass is 16.6. The van der Waals surface area contributed by atoms with Gasteiger partial charge in [-0.15, -0.1) is 0 Å². The molecule has 0 bridgehead atoms. The Kier molecular flexibility index (Phi) is 3.29. The third-order valence-corrected chi connectivity index (χ3v) is 2.55. The second-order valence-corrected chi connectivity index (χ2v) is 5.19. The molecule has 1 heterocycles. The molecule has 0 radical (unpaired) electrons. The minimum atomic E-state index is -0.544. The van der Waals surface area contributed by atoms with Gasteiger partial charge in [0.05, 0.1) is 11.7 Å². The van der Waals surface area contributed by atoms with Gasteiger partial charge in [-0.3, -0.25) is 4.57 Å². The Bertz CT molecular complexity index is 636. The van der Waals surface area contributed by atoms with Crippen LogP contribution in [0.4, 0.5) is 4.79 Å². The Morgan fingerprint density at radius 2 is 2.11 bits per heavy atom. The van der Waals surface area contributed by atoms with Crippen LogP contribution in [-0.4, -0.2) is 27.7 Å². The molecule has 0 aliphatic heterocycles. The molecule has 0 fully saturated rings. The summed E-state index contributed by atoms with van der Waals surface area (Å²) in [7, 11) is 0. The second-order valence-electron chi connectivity index (χ2n) is 5.19. The molecule has 5 heteroatoms. The van der Waals surface area contributed by atoms with Gasteiger partial charge in [0.2, 0.25) is 0 Å². The molecular weight excluding hydrogens is 244 g/mol. The van der Waals surface area contributed by atoms with Crippen LogP contribution < -0.4 is 0 Å². The number of benzene rings is 1. The normalized spacial score (nSPS) is 12.2. The Morgan fingerprint density at radius 1 is 1.37 bits per heavy atom. The van der Waals surface area contributed by atoms with Crippen molar-refractivity contribution in [3.8, 4) is 0 Å². The number of aromatic nitrogens is 1. The van der Waals surface area contributed by atoms with Crippen molar-refractivity contribution >= 4 is 23.2 Å². The molecule has 1 N–H and O–H groups in total. The van der Waals surface area contributed by atoms with Crippen LogP contribution >= 0.6 is 0 Å². The zero-order valence-electron chi connectivity index (χ0n) is 11.1. The van der Waals surface area contributed by atoms with E-state index in [1.54, 1.807) is 18.3 Å². The molecule has 2 rings (SSSR count). The third-order valence-electron chi connectivity index (χ3n) is 2.55. The molecule has 0 saturated carbocycles. The maximum Gasteiger partial charge on any atom is 0.418 e. The quantitative estimate of drug-likeness (QED) is 0.486. The van der Waals surface area contributed by atoms with Crippen molar-refractivity contribution in [3.63, 3.8) is 0 Å². The van der Waals surface area contributed by atoms with Crippen molar-refractivity contribution < 1.29 is 14.7 Å². The highest BCUT2D eigenvalue weighted by Crippen LogP contribution is 2.20. The average Bonchev–Trinajstić information content (AvgIpc) is 2.72. The molecule has 0 spiro atoms. The number of oxime groups is 1. The topological polar surface area (TPSA) is 63.8 Å². The third kappa shape index (κ3) is 2.76. The summed E-state index contributed by atoms with van der Waals surface area (Å²) in [5.74, 6) is 0. The summed E-state index contributed by atoms with van der Waals surface area (Å²) in [6, 6.07) is 7.20. The second kappa shape index (κ2) is 4.76. The number of ether oxygens (including phenoxy) is 1.